The maximum Gasteiger partial charge on any atom is 0.240 e. The Morgan fingerprint density at radius 2 is 1.96 bits per heavy atom. The van der Waals surface area contributed by atoms with E-state index >= 15 is 0 Å². The number of halogens is 1. The monoisotopic (exact) mass is 355 g/mol. The molecule has 24 heavy (non-hydrogen) atoms. The molecule has 134 valence electrons. The fourth-order valence-corrected chi connectivity index (χ4v) is 4.96. The Hall–Kier alpha value is -1.02. The molecule has 1 atom stereocenters. The predicted octanol–water partition coefficient (Wildman–Crippen LogP) is 1.57. The van der Waals surface area contributed by atoms with E-state index in [9.17, 15) is 12.8 Å². The Kier molecular flexibility index (Phi) is 5.24. The number of nitrogens with zero attached hydrogens (tertiary/aromatic N) is 1. The van der Waals surface area contributed by atoms with Gasteiger partial charge in [-0.05, 0) is 68.6 Å². The highest BCUT2D eigenvalue weighted by atomic mass is 32.2. The van der Waals surface area contributed by atoms with Crippen LogP contribution in [0.15, 0.2) is 29.2 Å². The van der Waals surface area contributed by atoms with E-state index in [1.165, 1.54) is 30.7 Å². The third kappa shape index (κ3) is 4.33. The summed E-state index contributed by atoms with van der Waals surface area (Å²) in [5.41, 5.74) is 0.334. The third-order valence-corrected chi connectivity index (χ3v) is 6.63. The molecular formula is C17H26FN3O2S. The van der Waals surface area contributed by atoms with Crippen molar-refractivity contribution in [3.8, 4) is 0 Å². The van der Waals surface area contributed by atoms with Gasteiger partial charge in [-0.1, -0.05) is 6.92 Å². The normalized spacial score (nSPS) is 26.8. The standard InChI is InChI=1S/C17H26FN3O2S/c1-17(8-9-19-12-17)13-21-10-6-15(7-11-21)20-24(22,23)16-4-2-14(18)3-5-16/h2-5,15,19-20H,6-13H2,1H3. The fourth-order valence-electron chi connectivity index (χ4n) is 3.65. The number of sulfonamides is 1. The van der Waals surface area contributed by atoms with Crippen LogP contribution >= 0.6 is 0 Å². The molecule has 2 heterocycles. The first-order valence-corrected chi connectivity index (χ1v) is 10.1. The first-order valence-electron chi connectivity index (χ1n) is 8.57. The number of likely N-dealkylation sites (tertiary alicyclic amines) is 1. The van der Waals surface area contributed by atoms with Crippen LogP contribution in [0.1, 0.15) is 26.2 Å². The van der Waals surface area contributed by atoms with Gasteiger partial charge >= 0.3 is 0 Å². The average Bonchev–Trinajstić information content (AvgIpc) is 2.96. The Morgan fingerprint density at radius 1 is 1.29 bits per heavy atom. The van der Waals surface area contributed by atoms with Crippen LogP contribution in [0.2, 0.25) is 0 Å². The summed E-state index contributed by atoms with van der Waals surface area (Å²) < 4.78 is 40.4. The Labute approximate surface area is 143 Å². The van der Waals surface area contributed by atoms with Crippen molar-refractivity contribution in [3.05, 3.63) is 30.1 Å². The highest BCUT2D eigenvalue weighted by Gasteiger charge is 2.32. The molecule has 3 rings (SSSR count). The molecule has 2 aliphatic rings. The topological polar surface area (TPSA) is 61.4 Å². The summed E-state index contributed by atoms with van der Waals surface area (Å²) in [6, 6.07) is 4.91. The summed E-state index contributed by atoms with van der Waals surface area (Å²) in [5, 5.41) is 3.42. The first-order chi connectivity index (χ1) is 11.4. The van der Waals surface area contributed by atoms with Crippen molar-refractivity contribution in [2.45, 2.75) is 37.1 Å². The van der Waals surface area contributed by atoms with Crippen molar-refractivity contribution in [1.82, 2.24) is 14.9 Å². The third-order valence-electron chi connectivity index (χ3n) is 5.10. The van der Waals surface area contributed by atoms with Gasteiger partial charge in [-0.15, -0.1) is 0 Å². The zero-order chi connectivity index (χ0) is 17.2. The second kappa shape index (κ2) is 7.07. The molecule has 1 aromatic rings. The average molecular weight is 355 g/mol. The van der Waals surface area contributed by atoms with Crippen molar-refractivity contribution in [2.24, 2.45) is 5.41 Å². The number of benzene rings is 1. The maximum absolute atomic E-state index is 12.9. The molecule has 0 bridgehead atoms. The van der Waals surface area contributed by atoms with Gasteiger partial charge in [0.1, 0.15) is 5.82 Å². The van der Waals surface area contributed by atoms with E-state index in [2.05, 4.69) is 21.9 Å². The summed E-state index contributed by atoms with van der Waals surface area (Å²) in [6.45, 7) is 7.35. The van der Waals surface area contributed by atoms with E-state index in [0.717, 1.165) is 45.6 Å². The molecule has 0 radical (unpaired) electrons. The van der Waals surface area contributed by atoms with Gasteiger partial charge in [0.2, 0.25) is 10.0 Å². The van der Waals surface area contributed by atoms with E-state index in [-0.39, 0.29) is 10.9 Å². The lowest BCUT2D eigenvalue weighted by Gasteiger charge is -2.37. The van der Waals surface area contributed by atoms with Crippen LogP contribution in [0.25, 0.3) is 0 Å². The molecule has 0 amide bonds. The lowest BCUT2D eigenvalue weighted by Crippen LogP contribution is -2.47. The zero-order valence-electron chi connectivity index (χ0n) is 14.1. The second-order valence-corrected chi connectivity index (χ2v) is 9.08. The molecule has 1 aromatic carbocycles. The van der Waals surface area contributed by atoms with Gasteiger partial charge in [-0.2, -0.15) is 0 Å². The SMILES string of the molecule is CC1(CN2CCC(NS(=O)(=O)c3ccc(F)cc3)CC2)CCNC1. The molecule has 1 unspecified atom stereocenters. The van der Waals surface area contributed by atoms with Gasteiger partial charge in [0.25, 0.3) is 0 Å². The number of hydrogen-bond donors (Lipinski definition) is 2. The minimum absolute atomic E-state index is 0.0502. The molecular weight excluding hydrogens is 329 g/mol. The molecule has 2 saturated heterocycles. The smallest absolute Gasteiger partial charge is 0.240 e. The van der Waals surface area contributed by atoms with Crippen molar-refractivity contribution >= 4 is 10.0 Å². The lowest BCUT2D eigenvalue weighted by atomic mass is 9.88. The summed E-state index contributed by atoms with van der Waals surface area (Å²) >= 11 is 0. The lowest BCUT2D eigenvalue weighted by molar-refractivity contribution is 0.142. The van der Waals surface area contributed by atoms with Gasteiger partial charge < -0.3 is 10.2 Å². The highest BCUT2D eigenvalue weighted by Crippen LogP contribution is 2.27. The van der Waals surface area contributed by atoms with Crippen molar-refractivity contribution in [3.63, 3.8) is 0 Å². The van der Waals surface area contributed by atoms with E-state index in [4.69, 9.17) is 0 Å². The number of piperidine rings is 1. The molecule has 7 heteroatoms. The largest absolute Gasteiger partial charge is 0.316 e. The molecule has 2 N–H and O–H groups in total. The van der Waals surface area contributed by atoms with Gasteiger partial charge in [0.15, 0.2) is 0 Å². The van der Waals surface area contributed by atoms with Gasteiger partial charge in [0, 0.05) is 19.1 Å². The van der Waals surface area contributed by atoms with Crippen LogP contribution in [0.5, 0.6) is 0 Å². The van der Waals surface area contributed by atoms with Gasteiger partial charge in [-0.3, -0.25) is 0 Å². The molecule has 2 fully saturated rings. The molecule has 2 aliphatic heterocycles. The van der Waals surface area contributed by atoms with E-state index < -0.39 is 15.8 Å². The summed E-state index contributed by atoms with van der Waals surface area (Å²) in [5.74, 6) is -0.433. The van der Waals surface area contributed by atoms with Crippen molar-refractivity contribution < 1.29 is 12.8 Å². The van der Waals surface area contributed by atoms with Crippen LogP contribution in [0, 0.1) is 11.2 Å². The number of rotatable bonds is 5. The van der Waals surface area contributed by atoms with Crippen LogP contribution in [-0.2, 0) is 10.0 Å². The van der Waals surface area contributed by atoms with Crippen LogP contribution < -0.4 is 10.0 Å². The number of nitrogens with one attached hydrogen (secondary N) is 2. The summed E-state index contributed by atoms with van der Waals surface area (Å²) in [6.07, 6.45) is 2.82. The minimum Gasteiger partial charge on any atom is -0.316 e. The second-order valence-electron chi connectivity index (χ2n) is 7.36. The summed E-state index contributed by atoms with van der Waals surface area (Å²) in [7, 11) is -3.57. The van der Waals surface area contributed by atoms with E-state index in [1.807, 2.05) is 0 Å². The van der Waals surface area contributed by atoms with Crippen LogP contribution in [0.4, 0.5) is 4.39 Å². The van der Waals surface area contributed by atoms with Gasteiger partial charge in [-0.25, -0.2) is 17.5 Å². The molecule has 0 aromatic heterocycles. The Balaban J connectivity index is 1.52. The van der Waals surface area contributed by atoms with E-state index in [1.54, 1.807) is 0 Å². The molecule has 5 nitrogen and oxygen atoms in total. The van der Waals surface area contributed by atoms with Crippen molar-refractivity contribution in [2.75, 3.05) is 32.7 Å². The molecule has 0 aliphatic carbocycles. The first kappa shape index (κ1) is 17.8. The quantitative estimate of drug-likeness (QED) is 0.842. The predicted molar refractivity (Wildman–Crippen MR) is 91.8 cm³/mol. The van der Waals surface area contributed by atoms with Crippen LogP contribution in [-0.4, -0.2) is 52.1 Å². The summed E-state index contributed by atoms with van der Waals surface area (Å²) in [4.78, 5) is 2.56. The fraction of sp³-hybridized carbons (Fsp3) is 0.647. The maximum atomic E-state index is 12.9. The minimum atomic E-state index is -3.57. The van der Waals surface area contributed by atoms with E-state index in [0.29, 0.717) is 5.41 Å². The highest BCUT2D eigenvalue weighted by molar-refractivity contribution is 7.89. The van der Waals surface area contributed by atoms with Crippen molar-refractivity contribution in [1.29, 1.82) is 0 Å². The Morgan fingerprint density at radius 3 is 2.54 bits per heavy atom. The molecule has 0 spiro atoms. The van der Waals surface area contributed by atoms with Gasteiger partial charge in [0.05, 0.1) is 4.90 Å². The number of hydrogen-bond acceptors (Lipinski definition) is 4. The van der Waals surface area contributed by atoms with Crippen LogP contribution in [0.3, 0.4) is 0 Å². The molecule has 0 saturated carbocycles. The Bertz CT molecular complexity index is 649. The zero-order valence-corrected chi connectivity index (χ0v) is 14.9.